The van der Waals surface area contributed by atoms with E-state index in [0.717, 1.165) is 0 Å². The van der Waals surface area contributed by atoms with Crippen molar-refractivity contribution in [3.8, 4) is 0 Å². The van der Waals surface area contributed by atoms with Crippen LogP contribution < -0.4 is 0 Å². The summed E-state index contributed by atoms with van der Waals surface area (Å²) >= 11 is 5.93. The van der Waals surface area contributed by atoms with E-state index in [-0.39, 0.29) is 23.6 Å². The molecule has 0 N–H and O–H groups in total. The van der Waals surface area contributed by atoms with Crippen LogP contribution >= 0.6 is 31.9 Å². The molecule has 0 saturated carbocycles. The van der Waals surface area contributed by atoms with Crippen molar-refractivity contribution in [2.24, 2.45) is 0 Å². The Balaban J connectivity index is 3.54. The highest BCUT2D eigenvalue weighted by atomic mass is 79.9. The highest BCUT2D eigenvalue weighted by Crippen LogP contribution is 2.18. The van der Waals surface area contributed by atoms with E-state index in [4.69, 9.17) is 0 Å². The molecule has 0 aliphatic heterocycles. The SMILES string of the molecule is CCOC(=O)CC(Br)CC(F)Br. The van der Waals surface area contributed by atoms with Crippen molar-refractivity contribution in [1.29, 1.82) is 0 Å². The van der Waals surface area contributed by atoms with E-state index < -0.39 is 5.08 Å². The summed E-state index contributed by atoms with van der Waals surface area (Å²) in [5, 5.41) is -1.07. The summed E-state index contributed by atoms with van der Waals surface area (Å²) < 4.78 is 17.0. The van der Waals surface area contributed by atoms with E-state index in [0.29, 0.717) is 6.61 Å². The fourth-order valence-electron chi connectivity index (χ4n) is 0.677. The molecule has 0 aliphatic carbocycles. The predicted molar refractivity (Wildman–Crippen MR) is 52.4 cm³/mol. The van der Waals surface area contributed by atoms with Crippen LogP contribution in [0.4, 0.5) is 4.39 Å². The minimum absolute atomic E-state index is 0.161. The molecule has 12 heavy (non-hydrogen) atoms. The smallest absolute Gasteiger partial charge is 0.306 e. The molecule has 0 aromatic rings. The number of hydrogen-bond donors (Lipinski definition) is 0. The highest BCUT2D eigenvalue weighted by Gasteiger charge is 2.14. The number of esters is 1. The molecule has 0 amide bonds. The molecule has 0 bridgehead atoms. The van der Waals surface area contributed by atoms with Crippen molar-refractivity contribution >= 4 is 37.8 Å². The fourth-order valence-corrected chi connectivity index (χ4v) is 2.22. The van der Waals surface area contributed by atoms with Crippen LogP contribution in [-0.4, -0.2) is 22.5 Å². The van der Waals surface area contributed by atoms with Gasteiger partial charge in [0.15, 0.2) is 5.08 Å². The Morgan fingerprint density at radius 3 is 2.58 bits per heavy atom. The van der Waals surface area contributed by atoms with E-state index in [1.165, 1.54) is 0 Å². The monoisotopic (exact) mass is 304 g/mol. The van der Waals surface area contributed by atoms with Crippen molar-refractivity contribution < 1.29 is 13.9 Å². The Kier molecular flexibility index (Phi) is 7.04. The van der Waals surface area contributed by atoms with E-state index in [2.05, 4.69) is 36.6 Å². The Bertz CT molecular complexity index is 141. The van der Waals surface area contributed by atoms with Crippen LogP contribution in [0.1, 0.15) is 19.8 Å². The number of carbonyl (C=O) groups is 1. The van der Waals surface area contributed by atoms with Gasteiger partial charge in [-0.25, -0.2) is 4.39 Å². The summed E-state index contributed by atoms with van der Waals surface area (Å²) in [6.45, 7) is 2.11. The van der Waals surface area contributed by atoms with Crippen LogP contribution in [0, 0.1) is 0 Å². The van der Waals surface area contributed by atoms with Gasteiger partial charge in [0, 0.05) is 11.2 Å². The molecule has 0 aromatic heterocycles. The van der Waals surface area contributed by atoms with Crippen molar-refractivity contribution in [1.82, 2.24) is 0 Å². The van der Waals surface area contributed by atoms with Crippen LogP contribution in [0.5, 0.6) is 0 Å². The topological polar surface area (TPSA) is 26.3 Å². The maximum absolute atomic E-state index is 12.3. The third kappa shape index (κ3) is 7.03. The lowest BCUT2D eigenvalue weighted by molar-refractivity contribution is -0.143. The molecule has 5 heteroatoms. The number of rotatable bonds is 5. The average molecular weight is 306 g/mol. The lowest BCUT2D eigenvalue weighted by atomic mass is 10.2. The van der Waals surface area contributed by atoms with Crippen LogP contribution in [0.15, 0.2) is 0 Å². The predicted octanol–water partition coefficient (Wildman–Crippen LogP) is 2.78. The number of carbonyl (C=O) groups excluding carboxylic acids is 1. The zero-order valence-electron chi connectivity index (χ0n) is 6.73. The van der Waals surface area contributed by atoms with Gasteiger partial charge >= 0.3 is 5.97 Å². The van der Waals surface area contributed by atoms with Crippen LogP contribution in [0.2, 0.25) is 0 Å². The van der Waals surface area contributed by atoms with Crippen LogP contribution in [0.25, 0.3) is 0 Å². The number of alkyl halides is 3. The molecule has 0 rings (SSSR count). The van der Waals surface area contributed by atoms with E-state index in [1.54, 1.807) is 6.92 Å². The van der Waals surface area contributed by atoms with Crippen molar-refractivity contribution in [2.75, 3.05) is 6.61 Å². The maximum Gasteiger partial charge on any atom is 0.306 e. The van der Waals surface area contributed by atoms with Gasteiger partial charge in [-0.05, 0) is 6.92 Å². The first-order valence-corrected chi connectivity index (χ1v) is 5.47. The van der Waals surface area contributed by atoms with E-state index in [1.807, 2.05) is 0 Å². The standard InChI is InChI=1S/C7H11Br2FO2/c1-2-12-7(11)4-5(8)3-6(9)10/h5-6H,2-4H2,1H3. The summed E-state index contributed by atoms with van der Waals surface area (Å²) in [6, 6.07) is 0. The van der Waals surface area contributed by atoms with Gasteiger partial charge in [-0.3, -0.25) is 4.79 Å². The van der Waals surface area contributed by atoms with Gasteiger partial charge in [0.05, 0.1) is 13.0 Å². The van der Waals surface area contributed by atoms with Gasteiger partial charge in [0.25, 0.3) is 0 Å². The molecule has 0 spiro atoms. The molecule has 72 valence electrons. The second kappa shape index (κ2) is 6.83. The molecule has 0 saturated heterocycles. The zero-order chi connectivity index (χ0) is 9.56. The van der Waals surface area contributed by atoms with Gasteiger partial charge in [-0.1, -0.05) is 31.9 Å². The van der Waals surface area contributed by atoms with Crippen molar-refractivity contribution in [2.45, 2.75) is 29.7 Å². The first-order valence-electron chi connectivity index (χ1n) is 3.64. The van der Waals surface area contributed by atoms with Gasteiger partial charge in [-0.2, -0.15) is 0 Å². The first-order chi connectivity index (χ1) is 5.56. The van der Waals surface area contributed by atoms with Crippen LogP contribution in [-0.2, 0) is 9.53 Å². The first kappa shape index (κ1) is 12.4. The summed E-state index contributed by atoms with van der Waals surface area (Å²) in [5.41, 5.74) is 0. The molecular formula is C7H11Br2FO2. The Morgan fingerprint density at radius 2 is 2.17 bits per heavy atom. The molecule has 0 aliphatic rings. The molecular weight excluding hydrogens is 295 g/mol. The number of halogens is 3. The van der Waals surface area contributed by atoms with Crippen molar-refractivity contribution in [3.63, 3.8) is 0 Å². The summed E-state index contributed by atoms with van der Waals surface area (Å²) in [6.07, 6.45) is 0.471. The highest BCUT2D eigenvalue weighted by molar-refractivity contribution is 9.10. The average Bonchev–Trinajstić information content (AvgIpc) is 1.84. The molecule has 2 nitrogen and oxygen atoms in total. The quantitative estimate of drug-likeness (QED) is 0.577. The van der Waals surface area contributed by atoms with Gasteiger partial charge in [0.1, 0.15) is 0 Å². The Morgan fingerprint density at radius 1 is 1.58 bits per heavy atom. The molecule has 0 heterocycles. The van der Waals surface area contributed by atoms with Crippen molar-refractivity contribution in [3.05, 3.63) is 0 Å². The largest absolute Gasteiger partial charge is 0.466 e. The molecule has 0 fully saturated rings. The lowest BCUT2D eigenvalue weighted by Crippen LogP contribution is -2.13. The lowest BCUT2D eigenvalue weighted by Gasteiger charge is -2.08. The third-order valence-corrected chi connectivity index (χ3v) is 2.20. The fraction of sp³-hybridized carbons (Fsp3) is 0.857. The van der Waals surface area contributed by atoms with Gasteiger partial charge in [0.2, 0.25) is 0 Å². The zero-order valence-corrected chi connectivity index (χ0v) is 9.90. The summed E-state index contributed by atoms with van der Waals surface area (Å²) in [5.74, 6) is -0.299. The second-order valence-corrected chi connectivity index (χ2v) is 4.52. The maximum atomic E-state index is 12.3. The number of hydrogen-bond acceptors (Lipinski definition) is 2. The molecule has 2 unspecified atom stereocenters. The molecule has 0 radical (unpaired) electrons. The van der Waals surface area contributed by atoms with Crippen LogP contribution in [0.3, 0.4) is 0 Å². The molecule has 2 atom stereocenters. The van der Waals surface area contributed by atoms with E-state index in [9.17, 15) is 9.18 Å². The Labute approximate surface area is 88.1 Å². The van der Waals surface area contributed by atoms with E-state index >= 15 is 0 Å². The summed E-state index contributed by atoms with van der Waals surface area (Å²) in [7, 11) is 0. The second-order valence-electron chi connectivity index (χ2n) is 2.23. The van der Waals surface area contributed by atoms with Gasteiger partial charge in [-0.15, -0.1) is 0 Å². The minimum atomic E-state index is -1.07. The molecule has 0 aromatic carbocycles. The Hall–Kier alpha value is 0.360. The number of ether oxygens (including phenoxy) is 1. The summed E-state index contributed by atoms with van der Waals surface area (Å²) in [4.78, 5) is 10.7. The minimum Gasteiger partial charge on any atom is -0.466 e. The van der Waals surface area contributed by atoms with Gasteiger partial charge < -0.3 is 4.74 Å². The normalized spacial score (nSPS) is 15.3. The third-order valence-electron chi connectivity index (χ3n) is 1.13.